The molecule has 0 radical (unpaired) electrons. The molecule has 0 aliphatic heterocycles. The molecule has 2 fully saturated rings. The molecule has 4 nitrogen and oxygen atoms in total. The van der Waals surface area contributed by atoms with Crippen LogP contribution < -0.4 is 10.6 Å². The predicted molar refractivity (Wildman–Crippen MR) is 94.8 cm³/mol. The lowest BCUT2D eigenvalue weighted by Gasteiger charge is -2.28. The number of benzene rings is 1. The quantitative estimate of drug-likeness (QED) is 0.868. The number of hydrogen-bond donors (Lipinski definition) is 2. The third-order valence-corrected chi connectivity index (χ3v) is 5.73. The molecule has 2 unspecified atom stereocenters. The van der Waals surface area contributed by atoms with Gasteiger partial charge in [0.2, 0.25) is 5.91 Å². The molecule has 124 valence electrons. The van der Waals surface area contributed by atoms with Crippen LogP contribution in [0.4, 0.5) is 5.69 Å². The molecule has 0 aromatic heterocycles. The van der Waals surface area contributed by atoms with Crippen LogP contribution in [0, 0.1) is 5.92 Å². The van der Waals surface area contributed by atoms with Crippen LogP contribution in [0.5, 0.6) is 0 Å². The molecule has 2 amide bonds. The van der Waals surface area contributed by atoms with Gasteiger partial charge < -0.3 is 10.6 Å². The second-order valence-electron chi connectivity index (χ2n) is 6.54. The topological polar surface area (TPSA) is 58.2 Å². The smallest absolute Gasteiger partial charge is 0.251 e. The Morgan fingerprint density at radius 3 is 2.74 bits per heavy atom. The Balaban J connectivity index is 1.59. The van der Waals surface area contributed by atoms with Gasteiger partial charge >= 0.3 is 0 Å². The Kier molecular flexibility index (Phi) is 5.26. The van der Waals surface area contributed by atoms with Crippen LogP contribution in [0.15, 0.2) is 24.3 Å². The number of nitrogens with one attached hydrogen (secondary N) is 2. The maximum Gasteiger partial charge on any atom is 0.251 e. The first-order valence-corrected chi connectivity index (χ1v) is 9.69. The van der Waals surface area contributed by atoms with Crippen molar-refractivity contribution in [1.29, 1.82) is 0 Å². The molecule has 1 aromatic carbocycles. The van der Waals surface area contributed by atoms with Crippen molar-refractivity contribution in [3.8, 4) is 0 Å². The van der Waals surface area contributed by atoms with Gasteiger partial charge in [0.15, 0.2) is 0 Å². The lowest BCUT2D eigenvalue weighted by Crippen LogP contribution is -2.39. The lowest BCUT2D eigenvalue weighted by molar-refractivity contribution is -0.117. The van der Waals surface area contributed by atoms with Crippen molar-refractivity contribution < 1.29 is 9.59 Å². The monoisotopic (exact) mass is 332 g/mol. The average Bonchev–Trinajstić information content (AvgIpc) is 3.40. The molecule has 0 heterocycles. The minimum absolute atomic E-state index is 0.0423. The summed E-state index contributed by atoms with van der Waals surface area (Å²) in [5, 5.41) is 6.70. The minimum atomic E-state index is -0.0423. The second-order valence-corrected chi connectivity index (χ2v) is 7.68. The molecule has 0 spiro atoms. The van der Waals surface area contributed by atoms with E-state index in [1.165, 1.54) is 12.8 Å². The van der Waals surface area contributed by atoms with Crippen LogP contribution in [0.2, 0.25) is 0 Å². The van der Waals surface area contributed by atoms with Crippen LogP contribution in [0.3, 0.4) is 0 Å². The zero-order valence-corrected chi connectivity index (χ0v) is 14.3. The first kappa shape index (κ1) is 16.4. The zero-order valence-electron chi connectivity index (χ0n) is 13.5. The molecular formula is C18H24N2O2S. The average molecular weight is 332 g/mol. The number of thioether (sulfide) groups is 1. The van der Waals surface area contributed by atoms with Crippen molar-refractivity contribution in [3.05, 3.63) is 29.8 Å². The summed E-state index contributed by atoms with van der Waals surface area (Å²) in [5.74, 6) is 0.190. The molecule has 0 bridgehead atoms. The van der Waals surface area contributed by atoms with Gasteiger partial charge in [-0.15, -0.1) is 0 Å². The maximum atomic E-state index is 12.5. The third kappa shape index (κ3) is 4.50. The van der Waals surface area contributed by atoms with Crippen molar-refractivity contribution in [2.75, 3.05) is 11.6 Å². The number of amides is 2. The number of hydrogen-bond acceptors (Lipinski definition) is 3. The van der Waals surface area contributed by atoms with E-state index in [1.807, 2.05) is 23.9 Å². The van der Waals surface area contributed by atoms with E-state index in [0.29, 0.717) is 16.5 Å². The minimum Gasteiger partial charge on any atom is -0.349 e. The summed E-state index contributed by atoms with van der Waals surface area (Å²) < 4.78 is 0. The lowest BCUT2D eigenvalue weighted by atomic mass is 9.94. The molecule has 5 heteroatoms. The highest BCUT2D eigenvalue weighted by atomic mass is 32.2. The molecule has 3 rings (SSSR count). The van der Waals surface area contributed by atoms with E-state index in [4.69, 9.17) is 0 Å². The Morgan fingerprint density at radius 2 is 2.00 bits per heavy atom. The second kappa shape index (κ2) is 7.39. The largest absolute Gasteiger partial charge is 0.349 e. The standard InChI is InChI=1S/C18H24N2O2S/c1-23-16-7-3-6-15(11-16)20-18(22)13-4-2-5-14(10-13)19-17(21)12-8-9-12/h2,4-5,10,12,15-16H,3,6-9,11H2,1H3,(H,19,21)(H,20,22). The highest BCUT2D eigenvalue weighted by Crippen LogP contribution is 2.30. The molecule has 0 saturated heterocycles. The SMILES string of the molecule is CSC1CCCC(NC(=O)c2cccc(NC(=O)C3CC3)c2)C1. The van der Waals surface area contributed by atoms with Crippen LogP contribution in [0.1, 0.15) is 48.9 Å². The summed E-state index contributed by atoms with van der Waals surface area (Å²) in [5.41, 5.74) is 1.32. The first-order chi connectivity index (χ1) is 11.2. The predicted octanol–water partition coefficient (Wildman–Crippen LogP) is 3.44. The Labute approximate surface area is 141 Å². The van der Waals surface area contributed by atoms with Crippen molar-refractivity contribution in [3.63, 3.8) is 0 Å². The summed E-state index contributed by atoms with van der Waals surface area (Å²) in [6.45, 7) is 0. The Bertz CT molecular complexity index is 586. The van der Waals surface area contributed by atoms with Gasteiger partial charge in [0.05, 0.1) is 0 Å². The summed E-state index contributed by atoms with van der Waals surface area (Å²) in [7, 11) is 0. The van der Waals surface area contributed by atoms with Gasteiger partial charge in [-0.1, -0.05) is 12.5 Å². The van der Waals surface area contributed by atoms with Gasteiger partial charge in [0.25, 0.3) is 5.91 Å². The van der Waals surface area contributed by atoms with Crippen molar-refractivity contribution in [2.45, 2.75) is 49.8 Å². The van der Waals surface area contributed by atoms with E-state index in [0.717, 1.165) is 25.7 Å². The first-order valence-electron chi connectivity index (χ1n) is 8.40. The van der Waals surface area contributed by atoms with E-state index in [2.05, 4.69) is 16.9 Å². The van der Waals surface area contributed by atoms with E-state index in [-0.39, 0.29) is 23.8 Å². The van der Waals surface area contributed by atoms with Crippen LogP contribution in [0.25, 0.3) is 0 Å². The molecule has 2 saturated carbocycles. The number of rotatable bonds is 5. The fourth-order valence-corrected chi connectivity index (χ4v) is 3.91. The molecule has 2 atom stereocenters. The number of anilines is 1. The van der Waals surface area contributed by atoms with E-state index < -0.39 is 0 Å². The fourth-order valence-electron chi connectivity index (χ4n) is 3.09. The third-order valence-electron chi connectivity index (χ3n) is 4.64. The Hall–Kier alpha value is -1.49. The maximum absolute atomic E-state index is 12.5. The highest BCUT2D eigenvalue weighted by Gasteiger charge is 2.29. The van der Waals surface area contributed by atoms with Gasteiger partial charge in [-0.3, -0.25) is 9.59 Å². The highest BCUT2D eigenvalue weighted by molar-refractivity contribution is 7.99. The van der Waals surface area contributed by atoms with E-state index >= 15 is 0 Å². The van der Waals surface area contributed by atoms with Gasteiger partial charge in [0.1, 0.15) is 0 Å². The summed E-state index contributed by atoms with van der Waals surface area (Å²) in [6, 6.07) is 7.49. The van der Waals surface area contributed by atoms with Gasteiger partial charge in [-0.25, -0.2) is 0 Å². The van der Waals surface area contributed by atoms with Gasteiger partial charge in [0, 0.05) is 28.5 Å². The number of carbonyl (C=O) groups excluding carboxylic acids is 2. The van der Waals surface area contributed by atoms with Gasteiger partial charge in [-0.05, 0) is 56.6 Å². The van der Waals surface area contributed by atoms with Crippen LogP contribution in [-0.2, 0) is 4.79 Å². The normalized spacial score (nSPS) is 24.0. The molecule has 1 aromatic rings. The fraction of sp³-hybridized carbons (Fsp3) is 0.556. The number of carbonyl (C=O) groups is 2. The van der Waals surface area contributed by atoms with Gasteiger partial charge in [-0.2, -0.15) is 11.8 Å². The molecule has 2 aliphatic rings. The summed E-state index contributed by atoms with van der Waals surface area (Å²) in [6.07, 6.45) is 8.62. The van der Waals surface area contributed by atoms with Crippen LogP contribution in [-0.4, -0.2) is 29.4 Å². The zero-order chi connectivity index (χ0) is 16.2. The summed E-state index contributed by atoms with van der Waals surface area (Å²) in [4.78, 5) is 24.3. The van der Waals surface area contributed by atoms with Crippen LogP contribution >= 0.6 is 11.8 Å². The molecular weight excluding hydrogens is 308 g/mol. The van der Waals surface area contributed by atoms with E-state index in [1.54, 1.807) is 12.1 Å². The molecule has 23 heavy (non-hydrogen) atoms. The van der Waals surface area contributed by atoms with Crippen molar-refractivity contribution in [2.24, 2.45) is 5.92 Å². The molecule has 2 aliphatic carbocycles. The molecule has 2 N–H and O–H groups in total. The Morgan fingerprint density at radius 1 is 1.17 bits per heavy atom. The van der Waals surface area contributed by atoms with Crippen molar-refractivity contribution in [1.82, 2.24) is 5.32 Å². The van der Waals surface area contributed by atoms with Crippen molar-refractivity contribution >= 4 is 29.3 Å². The van der Waals surface area contributed by atoms with E-state index in [9.17, 15) is 9.59 Å². The summed E-state index contributed by atoms with van der Waals surface area (Å²) >= 11 is 1.89.